The number of anilines is 1. The van der Waals surface area contributed by atoms with Gasteiger partial charge in [-0.15, -0.1) is 11.3 Å². The van der Waals surface area contributed by atoms with Gasteiger partial charge < -0.3 is 5.73 Å². The van der Waals surface area contributed by atoms with Crippen molar-refractivity contribution < 1.29 is 0 Å². The van der Waals surface area contributed by atoms with E-state index in [2.05, 4.69) is 11.1 Å². The Hall–Kier alpha value is -1.86. The molecular formula is C11H9N3S. The summed E-state index contributed by atoms with van der Waals surface area (Å²) in [6, 6.07) is 9.69. The zero-order valence-corrected chi connectivity index (χ0v) is 8.79. The van der Waals surface area contributed by atoms with E-state index in [1.165, 1.54) is 11.3 Å². The number of nitrogen functional groups attached to an aromatic ring is 1. The number of nitrogens with zero attached hydrogens (tertiary/aromatic N) is 2. The summed E-state index contributed by atoms with van der Waals surface area (Å²) in [5.41, 5.74) is 7.34. The summed E-state index contributed by atoms with van der Waals surface area (Å²) < 4.78 is 0. The van der Waals surface area contributed by atoms with E-state index in [1.54, 1.807) is 12.3 Å². The molecule has 1 aromatic carbocycles. The van der Waals surface area contributed by atoms with E-state index in [4.69, 9.17) is 11.0 Å². The first kappa shape index (κ1) is 9.69. The molecule has 0 aliphatic rings. The number of nitrogens with two attached hydrogens (primary N) is 1. The largest absolute Gasteiger partial charge is 0.375 e. The van der Waals surface area contributed by atoms with E-state index in [9.17, 15) is 0 Å². The number of benzene rings is 1. The lowest BCUT2D eigenvalue weighted by Crippen LogP contribution is -1.85. The molecule has 0 bridgehead atoms. The van der Waals surface area contributed by atoms with Crippen molar-refractivity contribution in [3.05, 3.63) is 46.5 Å². The van der Waals surface area contributed by atoms with E-state index >= 15 is 0 Å². The van der Waals surface area contributed by atoms with Crippen LogP contribution in [0, 0.1) is 11.3 Å². The molecular weight excluding hydrogens is 206 g/mol. The van der Waals surface area contributed by atoms with E-state index in [0.29, 0.717) is 10.7 Å². The fourth-order valence-electron chi connectivity index (χ4n) is 1.36. The van der Waals surface area contributed by atoms with Crippen LogP contribution in [0.4, 0.5) is 5.13 Å². The molecule has 74 valence electrons. The van der Waals surface area contributed by atoms with Crippen LogP contribution in [0.5, 0.6) is 0 Å². The average Bonchev–Trinajstić information content (AvgIpc) is 2.64. The molecule has 2 N–H and O–H groups in total. The van der Waals surface area contributed by atoms with Gasteiger partial charge >= 0.3 is 0 Å². The Morgan fingerprint density at radius 2 is 2.33 bits per heavy atom. The Kier molecular flexibility index (Phi) is 2.66. The van der Waals surface area contributed by atoms with Crippen LogP contribution in [-0.4, -0.2) is 4.98 Å². The number of hydrogen-bond acceptors (Lipinski definition) is 4. The first-order valence-corrected chi connectivity index (χ1v) is 5.29. The summed E-state index contributed by atoms with van der Waals surface area (Å²) in [6.07, 6.45) is 2.56. The second-order valence-corrected chi connectivity index (χ2v) is 4.30. The van der Waals surface area contributed by atoms with Crippen molar-refractivity contribution in [3.63, 3.8) is 0 Å². The molecule has 0 aliphatic heterocycles. The SMILES string of the molecule is N#Cc1cccc(Cc2cnc(N)s2)c1. The molecule has 2 rings (SSSR count). The van der Waals surface area contributed by atoms with Crippen molar-refractivity contribution >= 4 is 16.5 Å². The van der Waals surface area contributed by atoms with Crippen LogP contribution in [0.25, 0.3) is 0 Å². The summed E-state index contributed by atoms with van der Waals surface area (Å²) in [6.45, 7) is 0. The summed E-state index contributed by atoms with van der Waals surface area (Å²) in [4.78, 5) is 5.10. The fourth-order valence-corrected chi connectivity index (χ4v) is 2.07. The van der Waals surface area contributed by atoms with Gasteiger partial charge in [0.05, 0.1) is 11.6 Å². The Bertz CT molecular complexity index is 511. The first-order chi connectivity index (χ1) is 7.28. The highest BCUT2D eigenvalue weighted by Gasteiger charge is 2.01. The third-order valence-electron chi connectivity index (χ3n) is 2.01. The quantitative estimate of drug-likeness (QED) is 0.835. The predicted octanol–water partition coefficient (Wildman–Crippen LogP) is 2.19. The summed E-state index contributed by atoms with van der Waals surface area (Å²) in [7, 11) is 0. The maximum atomic E-state index is 8.75. The standard InChI is InChI=1S/C11H9N3S/c12-6-9-3-1-2-8(4-9)5-10-7-14-11(13)15-10/h1-4,7H,5H2,(H2,13,14). The van der Waals surface area contributed by atoms with Gasteiger partial charge in [0.1, 0.15) is 0 Å². The van der Waals surface area contributed by atoms with Crippen LogP contribution in [0.15, 0.2) is 30.5 Å². The van der Waals surface area contributed by atoms with Crippen molar-refractivity contribution in [2.75, 3.05) is 5.73 Å². The van der Waals surface area contributed by atoms with Gasteiger partial charge in [-0.25, -0.2) is 4.98 Å². The van der Waals surface area contributed by atoms with Crippen LogP contribution in [-0.2, 0) is 6.42 Å². The zero-order valence-electron chi connectivity index (χ0n) is 7.97. The molecule has 4 heteroatoms. The minimum absolute atomic E-state index is 0.585. The zero-order chi connectivity index (χ0) is 10.7. The highest BCUT2D eigenvalue weighted by atomic mass is 32.1. The number of rotatable bonds is 2. The van der Waals surface area contributed by atoms with Crippen molar-refractivity contribution in [3.8, 4) is 6.07 Å². The molecule has 0 saturated carbocycles. The van der Waals surface area contributed by atoms with Crippen LogP contribution >= 0.6 is 11.3 Å². The third kappa shape index (κ3) is 2.33. The number of aromatic nitrogens is 1. The molecule has 15 heavy (non-hydrogen) atoms. The van der Waals surface area contributed by atoms with Crippen LogP contribution in [0.2, 0.25) is 0 Å². The highest BCUT2D eigenvalue weighted by Crippen LogP contribution is 2.18. The summed E-state index contributed by atoms with van der Waals surface area (Å²) in [5, 5.41) is 9.34. The lowest BCUT2D eigenvalue weighted by atomic mass is 10.1. The number of thiazole rings is 1. The van der Waals surface area contributed by atoms with Crippen molar-refractivity contribution in [1.82, 2.24) is 4.98 Å². The van der Waals surface area contributed by atoms with Crippen molar-refractivity contribution in [2.45, 2.75) is 6.42 Å². The molecule has 0 saturated heterocycles. The second kappa shape index (κ2) is 4.11. The molecule has 0 unspecified atom stereocenters. The van der Waals surface area contributed by atoms with Crippen molar-refractivity contribution in [2.24, 2.45) is 0 Å². The monoisotopic (exact) mass is 215 g/mol. The van der Waals surface area contributed by atoms with E-state index in [0.717, 1.165) is 16.9 Å². The van der Waals surface area contributed by atoms with Crippen LogP contribution in [0.1, 0.15) is 16.0 Å². The lowest BCUT2D eigenvalue weighted by Gasteiger charge is -1.97. The minimum atomic E-state index is 0.585. The number of hydrogen-bond donors (Lipinski definition) is 1. The second-order valence-electron chi connectivity index (χ2n) is 3.15. The normalized spacial score (nSPS) is 9.80. The van der Waals surface area contributed by atoms with E-state index < -0.39 is 0 Å². The molecule has 1 heterocycles. The van der Waals surface area contributed by atoms with Crippen LogP contribution < -0.4 is 5.73 Å². The van der Waals surface area contributed by atoms with Gasteiger partial charge in [0, 0.05) is 17.5 Å². The molecule has 0 aliphatic carbocycles. The van der Waals surface area contributed by atoms with Gasteiger partial charge in [-0.3, -0.25) is 0 Å². The molecule has 0 spiro atoms. The molecule has 1 aromatic heterocycles. The third-order valence-corrected chi connectivity index (χ3v) is 2.83. The topological polar surface area (TPSA) is 62.7 Å². The maximum absolute atomic E-state index is 8.75. The Morgan fingerprint density at radius 3 is 3.00 bits per heavy atom. The van der Waals surface area contributed by atoms with Gasteiger partial charge in [-0.1, -0.05) is 12.1 Å². The molecule has 0 radical (unpaired) electrons. The smallest absolute Gasteiger partial charge is 0.180 e. The van der Waals surface area contributed by atoms with Gasteiger partial charge in [0.2, 0.25) is 0 Å². The molecule has 2 aromatic rings. The van der Waals surface area contributed by atoms with Gasteiger partial charge in [-0.05, 0) is 17.7 Å². The lowest BCUT2D eigenvalue weighted by molar-refractivity contribution is 1.21. The molecule has 0 fully saturated rings. The Morgan fingerprint density at radius 1 is 1.47 bits per heavy atom. The first-order valence-electron chi connectivity index (χ1n) is 4.47. The maximum Gasteiger partial charge on any atom is 0.180 e. The molecule has 3 nitrogen and oxygen atoms in total. The van der Waals surface area contributed by atoms with Gasteiger partial charge in [0.15, 0.2) is 5.13 Å². The number of nitriles is 1. The fraction of sp³-hybridized carbons (Fsp3) is 0.0909. The van der Waals surface area contributed by atoms with Gasteiger partial charge in [-0.2, -0.15) is 5.26 Å². The highest BCUT2D eigenvalue weighted by molar-refractivity contribution is 7.15. The summed E-state index contributed by atoms with van der Waals surface area (Å²) >= 11 is 1.48. The van der Waals surface area contributed by atoms with Gasteiger partial charge in [0.25, 0.3) is 0 Å². The van der Waals surface area contributed by atoms with Crippen LogP contribution in [0.3, 0.4) is 0 Å². The Labute approximate surface area is 91.8 Å². The Balaban J connectivity index is 2.21. The average molecular weight is 215 g/mol. The minimum Gasteiger partial charge on any atom is -0.375 e. The summed E-state index contributed by atoms with van der Waals surface area (Å²) in [5.74, 6) is 0. The molecule has 0 amide bonds. The van der Waals surface area contributed by atoms with E-state index in [1.807, 2.05) is 18.2 Å². The van der Waals surface area contributed by atoms with E-state index in [-0.39, 0.29) is 0 Å². The van der Waals surface area contributed by atoms with Crippen molar-refractivity contribution in [1.29, 1.82) is 5.26 Å². The predicted molar refractivity (Wildman–Crippen MR) is 60.5 cm³/mol. The molecule has 0 atom stereocenters.